The molecule has 0 aliphatic rings. The third-order valence-electron chi connectivity index (χ3n) is 2.07. The first-order chi connectivity index (χ1) is 4.61. The van der Waals surface area contributed by atoms with E-state index in [9.17, 15) is 0 Å². The fourth-order valence-corrected chi connectivity index (χ4v) is 1.25. The van der Waals surface area contributed by atoms with Crippen LogP contribution in [0.2, 0.25) is 0 Å². The average Bonchev–Trinajstić information content (AvgIpc) is 1.82. The quantitative estimate of drug-likeness (QED) is 0.452. The van der Waals surface area contributed by atoms with Gasteiger partial charge >= 0.3 is 18.9 Å². The zero-order valence-electron chi connectivity index (χ0n) is 7.15. The van der Waals surface area contributed by atoms with Crippen molar-refractivity contribution in [3.05, 3.63) is 28.8 Å². The van der Waals surface area contributed by atoms with Crippen molar-refractivity contribution in [1.29, 1.82) is 0 Å². The Kier molecular flexibility index (Phi) is 4.00. The molecular weight excluding hydrogens is 126 g/mol. The van der Waals surface area contributed by atoms with E-state index in [0.29, 0.717) is 0 Å². The first-order valence-corrected chi connectivity index (χ1v) is 3.65. The topological polar surface area (TPSA) is 0 Å². The molecule has 54 valence electrons. The van der Waals surface area contributed by atoms with E-state index in [1.165, 1.54) is 22.2 Å². The van der Waals surface area contributed by atoms with Crippen molar-refractivity contribution in [3.63, 3.8) is 0 Å². The second kappa shape index (κ2) is 4.05. The van der Waals surface area contributed by atoms with Gasteiger partial charge in [0, 0.05) is 0 Å². The van der Waals surface area contributed by atoms with Crippen molar-refractivity contribution in [2.24, 2.45) is 0 Å². The Morgan fingerprint density at radius 1 is 1.00 bits per heavy atom. The Morgan fingerprint density at radius 2 is 1.36 bits per heavy atom. The first-order valence-electron chi connectivity index (χ1n) is 3.65. The molecule has 1 aromatic carbocycles. The number of benzene rings is 1. The minimum absolute atomic E-state index is 0. The van der Waals surface area contributed by atoms with Crippen molar-refractivity contribution in [2.75, 3.05) is 0 Å². The standard InChI is InChI=1S/C9H13B.Li.H/c1-6-4-7(2)9(10)8(3)5-6;;/h4-5H,10H2,1-3H3;;. The van der Waals surface area contributed by atoms with E-state index in [0.717, 1.165) is 0 Å². The van der Waals surface area contributed by atoms with Crippen LogP contribution in [-0.2, 0) is 0 Å². The normalized spacial score (nSPS) is 9.00. The summed E-state index contributed by atoms with van der Waals surface area (Å²) in [6.07, 6.45) is 0. The molecule has 2 heteroatoms. The maximum atomic E-state index is 2.22. The van der Waals surface area contributed by atoms with Crippen molar-refractivity contribution in [1.82, 2.24) is 0 Å². The molecule has 0 heterocycles. The van der Waals surface area contributed by atoms with Gasteiger partial charge in [-0.3, -0.25) is 0 Å². The molecule has 0 aromatic heterocycles. The van der Waals surface area contributed by atoms with Gasteiger partial charge in [-0.1, -0.05) is 34.3 Å². The van der Waals surface area contributed by atoms with Gasteiger partial charge in [0.2, 0.25) is 0 Å². The van der Waals surface area contributed by atoms with E-state index < -0.39 is 0 Å². The van der Waals surface area contributed by atoms with E-state index in [2.05, 4.69) is 40.8 Å². The van der Waals surface area contributed by atoms with E-state index in [4.69, 9.17) is 0 Å². The van der Waals surface area contributed by atoms with Crippen molar-refractivity contribution in [2.45, 2.75) is 20.8 Å². The van der Waals surface area contributed by atoms with Gasteiger partial charge in [-0.15, -0.1) is 0 Å². The molecule has 0 fully saturated rings. The van der Waals surface area contributed by atoms with Crippen molar-refractivity contribution < 1.29 is 0 Å². The second-order valence-corrected chi connectivity index (χ2v) is 3.02. The molecule has 0 aliphatic carbocycles. The summed E-state index contributed by atoms with van der Waals surface area (Å²) >= 11 is 0. The summed E-state index contributed by atoms with van der Waals surface area (Å²) in [6.45, 7) is 6.46. The molecule has 0 N–H and O–H groups in total. The molecule has 0 saturated heterocycles. The minimum atomic E-state index is 0. The van der Waals surface area contributed by atoms with Crippen LogP contribution in [-0.4, -0.2) is 26.7 Å². The molecule has 0 spiro atoms. The molecule has 1 aromatic rings. The van der Waals surface area contributed by atoms with Crippen LogP contribution in [0.3, 0.4) is 0 Å². The maximum absolute atomic E-state index is 2.22. The molecule has 11 heavy (non-hydrogen) atoms. The second-order valence-electron chi connectivity index (χ2n) is 3.02. The average molecular weight is 140 g/mol. The van der Waals surface area contributed by atoms with Gasteiger partial charge in [-0.2, -0.15) is 0 Å². The molecular formula is C9H14BLi. The van der Waals surface area contributed by atoms with Crippen molar-refractivity contribution >= 4 is 32.2 Å². The molecule has 0 bridgehead atoms. The Bertz CT molecular complexity index is 233. The third-order valence-corrected chi connectivity index (χ3v) is 2.07. The zero-order chi connectivity index (χ0) is 7.72. The molecule has 0 nitrogen and oxygen atoms in total. The summed E-state index contributed by atoms with van der Waals surface area (Å²) in [6, 6.07) is 4.45. The summed E-state index contributed by atoms with van der Waals surface area (Å²) in [5.74, 6) is 0. The van der Waals surface area contributed by atoms with Crippen LogP contribution in [0.1, 0.15) is 16.7 Å². The first kappa shape index (κ1) is 10.9. The van der Waals surface area contributed by atoms with Gasteiger partial charge in [0.05, 0.1) is 0 Å². The van der Waals surface area contributed by atoms with Gasteiger partial charge in [-0.05, 0) is 20.8 Å². The molecule has 0 amide bonds. The zero-order valence-corrected chi connectivity index (χ0v) is 7.15. The van der Waals surface area contributed by atoms with Gasteiger partial charge < -0.3 is 0 Å². The van der Waals surface area contributed by atoms with E-state index >= 15 is 0 Å². The van der Waals surface area contributed by atoms with Crippen LogP contribution in [0.15, 0.2) is 12.1 Å². The fraction of sp³-hybridized carbons (Fsp3) is 0.333. The Labute approximate surface area is 82.0 Å². The van der Waals surface area contributed by atoms with Crippen LogP contribution in [0.25, 0.3) is 0 Å². The van der Waals surface area contributed by atoms with E-state index in [1.807, 2.05) is 0 Å². The molecule has 0 saturated carbocycles. The summed E-state index contributed by atoms with van der Waals surface area (Å²) in [4.78, 5) is 0. The predicted octanol–water partition coefficient (Wildman–Crippen LogP) is 0.222. The van der Waals surface area contributed by atoms with Crippen molar-refractivity contribution in [3.8, 4) is 0 Å². The van der Waals surface area contributed by atoms with Crippen LogP contribution in [0.4, 0.5) is 0 Å². The molecule has 0 radical (unpaired) electrons. The Hall–Kier alpha value is -0.118. The Balaban J connectivity index is 0.000001000. The van der Waals surface area contributed by atoms with Crippen LogP contribution < -0.4 is 5.46 Å². The molecule has 0 unspecified atom stereocenters. The van der Waals surface area contributed by atoms with Gasteiger partial charge in [0.15, 0.2) is 0 Å². The van der Waals surface area contributed by atoms with E-state index in [1.54, 1.807) is 0 Å². The van der Waals surface area contributed by atoms with Gasteiger partial charge in [-0.25, -0.2) is 0 Å². The van der Waals surface area contributed by atoms with Gasteiger partial charge in [0.25, 0.3) is 0 Å². The summed E-state index contributed by atoms with van der Waals surface area (Å²) in [5.41, 5.74) is 5.58. The monoisotopic (exact) mass is 140 g/mol. The fourth-order valence-electron chi connectivity index (χ4n) is 1.25. The SMILES string of the molecule is Bc1c(C)cc(C)cc1C.[LiH]. The number of aryl methyl sites for hydroxylation is 3. The molecule has 0 atom stereocenters. The summed E-state index contributed by atoms with van der Waals surface area (Å²) < 4.78 is 0. The number of hydrogen-bond acceptors (Lipinski definition) is 0. The number of rotatable bonds is 0. The van der Waals surface area contributed by atoms with Crippen LogP contribution in [0, 0.1) is 20.8 Å². The summed E-state index contributed by atoms with van der Waals surface area (Å²) in [7, 11) is 2.17. The van der Waals surface area contributed by atoms with Gasteiger partial charge in [0.1, 0.15) is 7.85 Å². The molecule has 0 aliphatic heterocycles. The van der Waals surface area contributed by atoms with Crippen LogP contribution >= 0.6 is 0 Å². The Morgan fingerprint density at radius 3 is 1.73 bits per heavy atom. The predicted molar refractivity (Wildman–Crippen MR) is 56.0 cm³/mol. The van der Waals surface area contributed by atoms with Crippen LogP contribution in [0.5, 0.6) is 0 Å². The summed E-state index contributed by atoms with van der Waals surface area (Å²) in [5, 5.41) is 0. The number of hydrogen-bond donors (Lipinski definition) is 0. The third kappa shape index (κ3) is 2.43. The molecule has 1 rings (SSSR count). The van der Waals surface area contributed by atoms with E-state index in [-0.39, 0.29) is 18.9 Å².